The zero-order chi connectivity index (χ0) is 19.2. The summed E-state index contributed by atoms with van der Waals surface area (Å²) in [6, 6.07) is 5.77. The number of rotatable bonds is 13. The smallest absolute Gasteiger partial charge is 0.335 e. The Balaban J connectivity index is 2.03. The summed E-state index contributed by atoms with van der Waals surface area (Å²) in [4.78, 5) is 33.8. The lowest BCUT2D eigenvalue weighted by atomic mass is 10.1. The van der Waals surface area contributed by atoms with Gasteiger partial charge in [-0.3, -0.25) is 9.59 Å². The Morgan fingerprint density at radius 3 is 1.92 bits per heavy atom. The quantitative estimate of drug-likeness (QED) is 0.318. The lowest BCUT2D eigenvalue weighted by Crippen LogP contribution is -2.07. The van der Waals surface area contributed by atoms with Gasteiger partial charge in [-0.05, 0) is 43.5 Å². The second-order valence-electron chi connectivity index (χ2n) is 6.15. The van der Waals surface area contributed by atoms with Crippen molar-refractivity contribution in [2.45, 2.75) is 64.7 Å². The van der Waals surface area contributed by atoms with Gasteiger partial charge in [0.15, 0.2) is 0 Å². The van der Waals surface area contributed by atoms with Gasteiger partial charge in [-0.2, -0.15) is 0 Å². The third kappa shape index (κ3) is 9.81. The van der Waals surface area contributed by atoms with Crippen LogP contribution in [0.1, 0.15) is 75.1 Å². The Morgan fingerprint density at radius 1 is 0.846 bits per heavy atom. The molecule has 0 bridgehead atoms. The molecular formula is C20H28O6. The number of unbranched alkanes of at least 4 members (excludes halogenated alkanes) is 5. The van der Waals surface area contributed by atoms with E-state index in [4.69, 9.17) is 14.6 Å². The van der Waals surface area contributed by atoms with Crippen LogP contribution >= 0.6 is 0 Å². The number of esters is 2. The SMILES string of the molecule is CCCOC(=O)CCCCCCCCC(=O)Oc1ccc(C(=O)O)cc1. The predicted octanol–water partition coefficient (Wildman–Crippen LogP) is 4.36. The van der Waals surface area contributed by atoms with Crippen LogP contribution in [0.5, 0.6) is 5.75 Å². The maximum atomic E-state index is 11.7. The van der Waals surface area contributed by atoms with Crippen molar-refractivity contribution in [3.8, 4) is 5.75 Å². The Labute approximate surface area is 154 Å². The van der Waals surface area contributed by atoms with Gasteiger partial charge in [0.25, 0.3) is 0 Å². The topological polar surface area (TPSA) is 89.9 Å². The summed E-state index contributed by atoms with van der Waals surface area (Å²) in [5.41, 5.74) is 0.156. The van der Waals surface area contributed by atoms with Gasteiger partial charge in [0, 0.05) is 12.8 Å². The molecule has 0 unspecified atom stereocenters. The van der Waals surface area contributed by atoms with Crippen molar-refractivity contribution >= 4 is 17.9 Å². The van der Waals surface area contributed by atoms with Crippen LogP contribution in [0.4, 0.5) is 0 Å². The van der Waals surface area contributed by atoms with E-state index in [-0.39, 0.29) is 17.5 Å². The first-order valence-corrected chi connectivity index (χ1v) is 9.22. The van der Waals surface area contributed by atoms with E-state index >= 15 is 0 Å². The average Bonchev–Trinajstić information content (AvgIpc) is 2.62. The first-order valence-electron chi connectivity index (χ1n) is 9.22. The first-order chi connectivity index (χ1) is 12.5. The van der Waals surface area contributed by atoms with E-state index in [0.29, 0.717) is 25.2 Å². The van der Waals surface area contributed by atoms with E-state index in [1.54, 1.807) is 0 Å². The summed E-state index contributed by atoms with van der Waals surface area (Å²) in [6.45, 7) is 2.47. The molecule has 6 heteroatoms. The lowest BCUT2D eigenvalue weighted by Gasteiger charge is -2.05. The molecule has 26 heavy (non-hydrogen) atoms. The molecule has 6 nitrogen and oxygen atoms in total. The molecule has 0 saturated carbocycles. The van der Waals surface area contributed by atoms with Crippen molar-refractivity contribution < 1.29 is 29.0 Å². The fraction of sp³-hybridized carbons (Fsp3) is 0.550. The molecule has 0 aliphatic rings. The van der Waals surface area contributed by atoms with Crippen LogP contribution < -0.4 is 4.74 Å². The van der Waals surface area contributed by atoms with E-state index in [1.165, 1.54) is 24.3 Å². The molecule has 0 radical (unpaired) electrons. The summed E-state index contributed by atoms with van der Waals surface area (Å²) in [6.07, 6.45) is 7.24. The van der Waals surface area contributed by atoms with E-state index < -0.39 is 5.97 Å². The molecule has 0 fully saturated rings. The Kier molecular flexibility index (Phi) is 10.8. The minimum atomic E-state index is -1.01. The number of aromatic carboxylic acids is 1. The first kappa shape index (κ1) is 21.7. The van der Waals surface area contributed by atoms with Crippen LogP contribution in [0.25, 0.3) is 0 Å². The van der Waals surface area contributed by atoms with Gasteiger partial charge >= 0.3 is 17.9 Å². The highest BCUT2D eigenvalue weighted by atomic mass is 16.5. The Hall–Kier alpha value is -2.37. The average molecular weight is 364 g/mol. The number of carboxylic acid groups (broad SMARTS) is 1. The van der Waals surface area contributed by atoms with Crippen LogP contribution in [0.3, 0.4) is 0 Å². The number of hydrogen-bond donors (Lipinski definition) is 1. The van der Waals surface area contributed by atoms with E-state index in [0.717, 1.165) is 44.9 Å². The van der Waals surface area contributed by atoms with Crippen molar-refractivity contribution in [1.29, 1.82) is 0 Å². The zero-order valence-corrected chi connectivity index (χ0v) is 15.4. The normalized spacial score (nSPS) is 10.3. The number of carbonyl (C=O) groups excluding carboxylic acids is 2. The van der Waals surface area contributed by atoms with Crippen molar-refractivity contribution in [2.24, 2.45) is 0 Å². The summed E-state index contributed by atoms with van der Waals surface area (Å²) in [5.74, 6) is -1.09. The maximum Gasteiger partial charge on any atom is 0.335 e. The fourth-order valence-corrected chi connectivity index (χ4v) is 2.38. The molecule has 0 aliphatic heterocycles. The molecule has 0 heterocycles. The van der Waals surface area contributed by atoms with Crippen LogP contribution in [0.15, 0.2) is 24.3 Å². The van der Waals surface area contributed by atoms with Gasteiger partial charge in [0.2, 0.25) is 0 Å². The second-order valence-corrected chi connectivity index (χ2v) is 6.15. The minimum absolute atomic E-state index is 0.119. The highest BCUT2D eigenvalue weighted by Crippen LogP contribution is 2.14. The van der Waals surface area contributed by atoms with E-state index in [9.17, 15) is 14.4 Å². The summed E-state index contributed by atoms with van der Waals surface area (Å²) >= 11 is 0. The molecule has 0 saturated heterocycles. The van der Waals surface area contributed by atoms with Crippen LogP contribution in [0, 0.1) is 0 Å². The molecule has 0 amide bonds. The largest absolute Gasteiger partial charge is 0.478 e. The second kappa shape index (κ2) is 12.9. The maximum absolute atomic E-state index is 11.7. The molecular weight excluding hydrogens is 336 g/mol. The summed E-state index contributed by atoms with van der Waals surface area (Å²) < 4.78 is 10.2. The minimum Gasteiger partial charge on any atom is -0.478 e. The lowest BCUT2D eigenvalue weighted by molar-refractivity contribution is -0.143. The highest BCUT2D eigenvalue weighted by Gasteiger charge is 2.07. The van der Waals surface area contributed by atoms with E-state index in [2.05, 4.69) is 0 Å². The summed E-state index contributed by atoms with van der Waals surface area (Å²) in [5, 5.41) is 8.81. The molecule has 0 spiro atoms. The van der Waals surface area contributed by atoms with Crippen molar-refractivity contribution in [3.05, 3.63) is 29.8 Å². The molecule has 144 valence electrons. The van der Waals surface area contributed by atoms with Gasteiger partial charge in [0.1, 0.15) is 5.75 Å². The number of hydrogen-bond acceptors (Lipinski definition) is 5. The molecule has 1 aromatic rings. The van der Waals surface area contributed by atoms with Crippen molar-refractivity contribution in [1.82, 2.24) is 0 Å². The number of ether oxygens (including phenoxy) is 2. The number of carboxylic acids is 1. The molecule has 1 aromatic carbocycles. The third-order valence-corrected chi connectivity index (χ3v) is 3.81. The van der Waals surface area contributed by atoms with Gasteiger partial charge in [-0.15, -0.1) is 0 Å². The zero-order valence-electron chi connectivity index (χ0n) is 15.4. The van der Waals surface area contributed by atoms with Gasteiger partial charge in [-0.25, -0.2) is 4.79 Å². The summed E-state index contributed by atoms with van der Waals surface area (Å²) in [7, 11) is 0. The molecule has 1 N–H and O–H groups in total. The van der Waals surface area contributed by atoms with Crippen LogP contribution in [0.2, 0.25) is 0 Å². The highest BCUT2D eigenvalue weighted by molar-refractivity contribution is 5.87. The molecule has 1 rings (SSSR count). The molecule has 0 aromatic heterocycles. The standard InChI is InChI=1S/C20H28O6/c1-2-15-25-18(21)9-7-5-3-4-6-8-10-19(22)26-17-13-11-16(12-14-17)20(23)24/h11-14H,2-10,15H2,1H3,(H,23,24). The van der Waals surface area contributed by atoms with Crippen LogP contribution in [-0.4, -0.2) is 29.6 Å². The van der Waals surface area contributed by atoms with Crippen LogP contribution in [-0.2, 0) is 14.3 Å². The number of carbonyl (C=O) groups is 3. The monoisotopic (exact) mass is 364 g/mol. The molecule has 0 aliphatic carbocycles. The fourth-order valence-electron chi connectivity index (χ4n) is 2.38. The van der Waals surface area contributed by atoms with Crippen molar-refractivity contribution in [2.75, 3.05) is 6.61 Å². The Morgan fingerprint density at radius 2 is 1.38 bits per heavy atom. The van der Waals surface area contributed by atoms with E-state index in [1.807, 2.05) is 6.92 Å². The predicted molar refractivity (Wildman–Crippen MR) is 97.2 cm³/mol. The van der Waals surface area contributed by atoms with Crippen molar-refractivity contribution in [3.63, 3.8) is 0 Å². The third-order valence-electron chi connectivity index (χ3n) is 3.81. The van der Waals surface area contributed by atoms with Gasteiger partial charge < -0.3 is 14.6 Å². The number of benzene rings is 1. The molecule has 0 atom stereocenters. The van der Waals surface area contributed by atoms with Gasteiger partial charge in [-0.1, -0.05) is 32.6 Å². The Bertz CT molecular complexity index is 564. The van der Waals surface area contributed by atoms with Gasteiger partial charge in [0.05, 0.1) is 12.2 Å².